The molecule has 0 unspecified atom stereocenters. The normalized spacial score (nSPS) is 8.75. The predicted molar refractivity (Wildman–Crippen MR) is 38.9 cm³/mol. The average molecular weight is 190 g/mol. The molecule has 0 spiro atoms. The van der Waals surface area contributed by atoms with E-state index < -0.39 is 4.92 Å². The maximum Gasteiger partial charge on any atom is 0.275 e. The zero-order valence-corrected chi connectivity index (χ0v) is 6.86. The molecule has 0 aromatic heterocycles. The summed E-state index contributed by atoms with van der Waals surface area (Å²) in [5.41, 5.74) is 2.04. The van der Waals surface area contributed by atoms with Gasteiger partial charge < -0.3 is 12.4 Å². The van der Waals surface area contributed by atoms with Gasteiger partial charge in [0.15, 0.2) is 5.69 Å². The maximum atomic E-state index is 10.2. The van der Waals surface area contributed by atoms with Crippen LogP contribution in [0.5, 0.6) is 0 Å². The molecule has 1 aromatic carbocycles. The lowest BCUT2D eigenvalue weighted by Crippen LogP contribution is -3.00. The van der Waals surface area contributed by atoms with Crippen LogP contribution in [-0.2, 0) is 0 Å². The van der Waals surface area contributed by atoms with Gasteiger partial charge in [-0.05, 0) is 6.07 Å². The highest BCUT2D eigenvalue weighted by Gasteiger charge is 2.05. The van der Waals surface area contributed by atoms with Crippen molar-refractivity contribution in [1.82, 2.24) is 0 Å². The zero-order valence-electron chi connectivity index (χ0n) is 6.11. The summed E-state index contributed by atoms with van der Waals surface area (Å²) in [7, 11) is 0. The van der Waals surface area contributed by atoms with Crippen molar-refractivity contribution in [2.24, 2.45) is 5.84 Å². The van der Waals surface area contributed by atoms with Crippen molar-refractivity contribution in [3.8, 4) is 0 Å². The Morgan fingerprint density at radius 3 is 2.67 bits per heavy atom. The van der Waals surface area contributed by atoms with Crippen molar-refractivity contribution in [1.29, 1.82) is 0 Å². The van der Waals surface area contributed by atoms with Crippen LogP contribution in [0.25, 0.3) is 0 Å². The fourth-order valence-electron chi connectivity index (χ4n) is 0.742. The van der Waals surface area contributed by atoms with E-state index in [0.717, 1.165) is 0 Å². The van der Waals surface area contributed by atoms with Crippen LogP contribution in [-0.4, -0.2) is 4.92 Å². The summed E-state index contributed by atoms with van der Waals surface area (Å²) in [5.74, 6) is 5.17. The Morgan fingerprint density at radius 1 is 1.50 bits per heavy atom. The standard InChI is InChI=1S/C6H7N3O2.ClH/c7-8-5-2-1-3-6(4-5)9(10)11;/h1-4,8H,7H2;1H. The molecular formula is C6H8ClN3O2. The Balaban J connectivity index is 0.00000121. The maximum absolute atomic E-state index is 10.2. The van der Waals surface area contributed by atoms with Crippen LogP contribution in [0.4, 0.5) is 11.4 Å². The highest BCUT2D eigenvalue weighted by atomic mass is 35.5. The fourth-order valence-corrected chi connectivity index (χ4v) is 0.742. The van der Waals surface area contributed by atoms with Crippen LogP contribution >= 0.6 is 0 Å². The molecule has 1 rings (SSSR count). The zero-order chi connectivity index (χ0) is 8.27. The second-order valence-electron chi connectivity index (χ2n) is 2.02. The number of non-ortho nitro benzene ring substituents is 1. The van der Waals surface area contributed by atoms with Gasteiger partial charge in [-0.2, -0.15) is 5.84 Å². The van der Waals surface area contributed by atoms with E-state index in [1.165, 1.54) is 17.6 Å². The van der Waals surface area contributed by atoms with Crippen LogP contribution in [0.15, 0.2) is 24.3 Å². The third kappa shape index (κ3) is 2.46. The lowest BCUT2D eigenvalue weighted by Gasteiger charge is -1.92. The molecule has 0 atom stereocenters. The van der Waals surface area contributed by atoms with E-state index in [1.807, 2.05) is 0 Å². The van der Waals surface area contributed by atoms with Crippen molar-refractivity contribution >= 4 is 11.4 Å². The molecule has 1 aromatic rings. The largest absolute Gasteiger partial charge is 1.00 e. The molecule has 66 valence electrons. The number of quaternary nitrogens is 1. The number of nitro groups is 1. The van der Waals surface area contributed by atoms with Crippen molar-refractivity contribution in [2.75, 3.05) is 0 Å². The second-order valence-corrected chi connectivity index (χ2v) is 2.02. The summed E-state index contributed by atoms with van der Waals surface area (Å²) in [6.07, 6.45) is 0. The summed E-state index contributed by atoms with van der Waals surface area (Å²) in [6.45, 7) is 0. The Labute approximate surface area is 75.1 Å². The molecule has 0 saturated carbocycles. The Hall–Kier alpha value is -1.17. The van der Waals surface area contributed by atoms with E-state index in [-0.39, 0.29) is 18.1 Å². The number of nitrogens with zero attached hydrogens (tertiary/aromatic N) is 1. The summed E-state index contributed by atoms with van der Waals surface area (Å²) >= 11 is 0. The summed E-state index contributed by atoms with van der Waals surface area (Å²) in [5, 5.41) is 10.2. The third-order valence-corrected chi connectivity index (χ3v) is 1.27. The second kappa shape index (κ2) is 4.66. The van der Waals surface area contributed by atoms with E-state index in [9.17, 15) is 10.1 Å². The molecule has 0 amide bonds. The minimum absolute atomic E-state index is 0. The molecule has 5 nitrogen and oxygen atoms in total. The minimum atomic E-state index is -0.451. The first-order valence-corrected chi connectivity index (χ1v) is 3.03. The molecule has 0 heterocycles. The molecule has 0 aliphatic heterocycles. The molecular weight excluding hydrogens is 182 g/mol. The average Bonchev–Trinajstić information content (AvgIpc) is 2.05. The van der Waals surface area contributed by atoms with Gasteiger partial charge >= 0.3 is 0 Å². The lowest BCUT2D eigenvalue weighted by atomic mass is 10.3. The third-order valence-electron chi connectivity index (χ3n) is 1.27. The molecule has 0 aliphatic carbocycles. The van der Waals surface area contributed by atoms with Crippen LogP contribution in [0, 0.1) is 10.1 Å². The summed E-state index contributed by atoms with van der Waals surface area (Å²) in [4.78, 5) is 9.77. The highest BCUT2D eigenvalue weighted by Crippen LogP contribution is 2.12. The number of nitro benzene ring substituents is 1. The van der Waals surface area contributed by atoms with Gasteiger partial charge in [0.1, 0.15) is 0 Å². The van der Waals surface area contributed by atoms with E-state index in [0.29, 0.717) is 5.69 Å². The number of benzene rings is 1. The van der Waals surface area contributed by atoms with Crippen LogP contribution in [0.3, 0.4) is 0 Å². The monoisotopic (exact) mass is 189 g/mol. The molecule has 0 fully saturated rings. The van der Waals surface area contributed by atoms with Crippen LogP contribution in [0.2, 0.25) is 0 Å². The Bertz CT molecular complexity index is 279. The number of halogens is 1. The van der Waals surface area contributed by atoms with Crippen molar-refractivity contribution in [3.05, 3.63) is 34.4 Å². The van der Waals surface area contributed by atoms with Crippen molar-refractivity contribution in [2.45, 2.75) is 0 Å². The van der Waals surface area contributed by atoms with Gasteiger partial charge in [0.2, 0.25) is 0 Å². The molecule has 0 aliphatic rings. The molecule has 0 bridgehead atoms. The quantitative estimate of drug-likeness (QED) is 0.221. The van der Waals surface area contributed by atoms with Gasteiger partial charge in [0, 0.05) is 12.1 Å². The van der Waals surface area contributed by atoms with E-state index in [4.69, 9.17) is 5.84 Å². The lowest BCUT2D eigenvalue weighted by molar-refractivity contribution is -0.584. The molecule has 0 radical (unpaired) electrons. The smallest absolute Gasteiger partial charge is 0.275 e. The van der Waals surface area contributed by atoms with Gasteiger partial charge in [-0.15, -0.1) is 0 Å². The molecule has 12 heavy (non-hydrogen) atoms. The predicted octanol–water partition coefficient (Wildman–Crippen LogP) is -3.33. The van der Waals surface area contributed by atoms with E-state index >= 15 is 0 Å². The van der Waals surface area contributed by atoms with Gasteiger partial charge in [0.25, 0.3) is 5.69 Å². The van der Waals surface area contributed by atoms with Gasteiger partial charge in [-0.25, -0.2) is 5.43 Å². The van der Waals surface area contributed by atoms with Crippen LogP contribution < -0.4 is 23.7 Å². The number of rotatable bonds is 2. The van der Waals surface area contributed by atoms with Gasteiger partial charge in [0.05, 0.1) is 11.0 Å². The first kappa shape index (κ1) is 10.8. The first-order chi connectivity index (χ1) is 5.24. The first-order valence-electron chi connectivity index (χ1n) is 3.03. The summed E-state index contributed by atoms with van der Waals surface area (Å²) in [6, 6.07) is 6.14. The molecule has 0 saturated heterocycles. The van der Waals surface area contributed by atoms with E-state index in [1.54, 1.807) is 12.1 Å². The molecule has 4 N–H and O–H groups in total. The fraction of sp³-hybridized carbons (Fsp3) is 0. The number of nitrogens with two attached hydrogens (primary N) is 2. The SMILES string of the molecule is N[NH2+]c1cccc([N+](=O)[O-])c1.[Cl-]. The minimum Gasteiger partial charge on any atom is -1.00 e. The van der Waals surface area contributed by atoms with Crippen molar-refractivity contribution in [3.63, 3.8) is 0 Å². The number of hydrogen-bond donors (Lipinski definition) is 2. The van der Waals surface area contributed by atoms with Gasteiger partial charge in [-0.3, -0.25) is 10.1 Å². The van der Waals surface area contributed by atoms with Crippen molar-refractivity contribution < 1.29 is 22.8 Å². The van der Waals surface area contributed by atoms with Gasteiger partial charge in [-0.1, -0.05) is 0 Å². The summed E-state index contributed by atoms with van der Waals surface area (Å²) < 4.78 is 0. The Kier molecular flexibility index (Phi) is 4.20. The molecule has 6 heteroatoms. The topological polar surface area (TPSA) is 85.8 Å². The van der Waals surface area contributed by atoms with E-state index in [2.05, 4.69) is 0 Å². The number of hydrogen-bond acceptors (Lipinski definition) is 3. The van der Waals surface area contributed by atoms with Crippen LogP contribution in [0.1, 0.15) is 0 Å². The highest BCUT2D eigenvalue weighted by molar-refractivity contribution is 5.41. The Morgan fingerprint density at radius 2 is 2.17 bits per heavy atom.